The lowest BCUT2D eigenvalue weighted by Gasteiger charge is -2.26. The Bertz CT molecular complexity index is 572. The summed E-state index contributed by atoms with van der Waals surface area (Å²) in [5.41, 5.74) is 1.44. The molecule has 1 aromatic carbocycles. The van der Waals surface area contributed by atoms with Gasteiger partial charge in [-0.2, -0.15) is 0 Å². The summed E-state index contributed by atoms with van der Waals surface area (Å²) in [7, 11) is 0. The fourth-order valence-electron chi connectivity index (χ4n) is 2.89. The molecule has 3 unspecified atom stereocenters. The normalized spacial score (nSPS) is 28.8. The van der Waals surface area contributed by atoms with Gasteiger partial charge in [-0.05, 0) is 31.9 Å². The molecule has 0 bridgehead atoms. The van der Waals surface area contributed by atoms with Crippen LogP contribution >= 0.6 is 0 Å². The molecule has 5 heteroatoms. The maximum absolute atomic E-state index is 12.8. The van der Waals surface area contributed by atoms with Crippen molar-refractivity contribution in [3.63, 3.8) is 0 Å². The van der Waals surface area contributed by atoms with Gasteiger partial charge in [-0.3, -0.25) is 9.59 Å². The van der Waals surface area contributed by atoms with Crippen molar-refractivity contribution in [2.45, 2.75) is 38.9 Å². The summed E-state index contributed by atoms with van der Waals surface area (Å²) < 4.78 is 5.70. The molecule has 2 amide bonds. The Hall–Kier alpha value is -1.88. The molecule has 0 aliphatic carbocycles. The van der Waals surface area contributed by atoms with E-state index in [1.54, 1.807) is 4.90 Å². The number of carbonyl (C=O) groups excluding carboxylic acids is 2. The number of rotatable bonds is 1. The molecular formula is C16H20N2O3. The summed E-state index contributed by atoms with van der Waals surface area (Å²) in [5.74, 6) is -0.353. The van der Waals surface area contributed by atoms with Gasteiger partial charge >= 0.3 is 0 Å². The van der Waals surface area contributed by atoms with Gasteiger partial charge in [0.2, 0.25) is 5.91 Å². The number of nitrogens with zero attached hydrogens (tertiary/aromatic N) is 1. The Morgan fingerprint density at radius 3 is 2.76 bits per heavy atom. The van der Waals surface area contributed by atoms with Crippen molar-refractivity contribution in [2.24, 2.45) is 5.92 Å². The molecule has 0 radical (unpaired) electrons. The SMILES string of the molecule is CC1CCC(C(=O)N2CC(C)C(=O)Nc3ccccc32)O1. The minimum atomic E-state index is -0.395. The van der Waals surface area contributed by atoms with Crippen LogP contribution in [-0.4, -0.2) is 30.6 Å². The van der Waals surface area contributed by atoms with Crippen LogP contribution in [0.4, 0.5) is 11.4 Å². The third kappa shape index (κ3) is 2.65. The molecule has 1 saturated heterocycles. The van der Waals surface area contributed by atoms with E-state index in [1.807, 2.05) is 38.1 Å². The predicted octanol–water partition coefficient (Wildman–Crippen LogP) is 2.18. The molecule has 112 valence electrons. The number of benzene rings is 1. The van der Waals surface area contributed by atoms with Crippen LogP contribution < -0.4 is 10.2 Å². The van der Waals surface area contributed by atoms with Crippen LogP contribution in [-0.2, 0) is 14.3 Å². The van der Waals surface area contributed by atoms with Gasteiger partial charge in [0, 0.05) is 6.54 Å². The standard InChI is InChI=1S/C16H20N2O3/c1-10-9-18(16(20)14-8-7-11(2)21-14)13-6-4-3-5-12(13)17-15(10)19/h3-6,10-11,14H,7-9H2,1-2H3,(H,17,19). The largest absolute Gasteiger partial charge is 0.365 e. The summed E-state index contributed by atoms with van der Waals surface area (Å²) in [5, 5.41) is 2.88. The lowest BCUT2D eigenvalue weighted by Crippen LogP contribution is -2.42. The van der Waals surface area contributed by atoms with Gasteiger partial charge in [-0.1, -0.05) is 19.1 Å². The van der Waals surface area contributed by atoms with Gasteiger partial charge < -0.3 is 15.0 Å². The molecule has 3 atom stereocenters. The Balaban J connectivity index is 1.93. The van der Waals surface area contributed by atoms with Gasteiger partial charge in [0.05, 0.1) is 23.4 Å². The monoisotopic (exact) mass is 288 g/mol. The Morgan fingerprint density at radius 2 is 2.05 bits per heavy atom. The van der Waals surface area contributed by atoms with Crippen molar-refractivity contribution < 1.29 is 14.3 Å². The van der Waals surface area contributed by atoms with E-state index in [4.69, 9.17) is 4.74 Å². The number of hydrogen-bond donors (Lipinski definition) is 1. The molecule has 2 heterocycles. The molecule has 0 saturated carbocycles. The second kappa shape index (κ2) is 5.48. The molecular weight excluding hydrogens is 268 g/mol. The predicted molar refractivity (Wildman–Crippen MR) is 80.2 cm³/mol. The fraction of sp³-hybridized carbons (Fsp3) is 0.500. The molecule has 3 rings (SSSR count). The average Bonchev–Trinajstić information content (AvgIpc) is 2.86. The summed E-state index contributed by atoms with van der Waals surface area (Å²) in [6.07, 6.45) is 1.37. The third-order valence-corrected chi connectivity index (χ3v) is 4.13. The van der Waals surface area contributed by atoms with Crippen LogP contribution in [0.15, 0.2) is 24.3 Å². The van der Waals surface area contributed by atoms with E-state index in [0.29, 0.717) is 12.2 Å². The molecule has 2 aliphatic rings. The van der Waals surface area contributed by atoms with Gasteiger partial charge in [0.25, 0.3) is 5.91 Å². The van der Waals surface area contributed by atoms with Crippen molar-refractivity contribution in [3.05, 3.63) is 24.3 Å². The smallest absolute Gasteiger partial charge is 0.256 e. The fourth-order valence-corrected chi connectivity index (χ4v) is 2.89. The Morgan fingerprint density at radius 1 is 1.29 bits per heavy atom. The lowest BCUT2D eigenvalue weighted by atomic mass is 10.1. The zero-order valence-electron chi connectivity index (χ0n) is 12.3. The van der Waals surface area contributed by atoms with Crippen molar-refractivity contribution in [3.8, 4) is 0 Å². The topological polar surface area (TPSA) is 58.6 Å². The van der Waals surface area contributed by atoms with Crippen molar-refractivity contribution in [2.75, 3.05) is 16.8 Å². The third-order valence-electron chi connectivity index (χ3n) is 4.13. The molecule has 0 spiro atoms. The minimum Gasteiger partial charge on any atom is -0.365 e. The number of hydrogen-bond acceptors (Lipinski definition) is 3. The van der Waals surface area contributed by atoms with E-state index in [1.165, 1.54) is 0 Å². The summed E-state index contributed by atoms with van der Waals surface area (Å²) in [6.45, 7) is 4.20. The molecule has 5 nitrogen and oxygen atoms in total. The number of amides is 2. The van der Waals surface area contributed by atoms with Gasteiger partial charge in [0.1, 0.15) is 6.10 Å². The number of anilines is 2. The summed E-state index contributed by atoms with van der Waals surface area (Å²) in [4.78, 5) is 26.5. The Kier molecular flexibility index (Phi) is 3.68. The highest BCUT2D eigenvalue weighted by atomic mass is 16.5. The van der Waals surface area contributed by atoms with E-state index < -0.39 is 6.10 Å². The van der Waals surface area contributed by atoms with Crippen LogP contribution in [0.3, 0.4) is 0 Å². The van der Waals surface area contributed by atoms with Gasteiger partial charge in [-0.15, -0.1) is 0 Å². The number of para-hydroxylation sites is 2. The first kappa shape index (κ1) is 14.1. The maximum Gasteiger partial charge on any atom is 0.256 e. The number of carbonyl (C=O) groups is 2. The second-order valence-corrected chi connectivity index (χ2v) is 5.87. The van der Waals surface area contributed by atoms with E-state index >= 15 is 0 Å². The zero-order chi connectivity index (χ0) is 15.0. The van der Waals surface area contributed by atoms with Crippen LogP contribution in [0, 0.1) is 5.92 Å². The van der Waals surface area contributed by atoms with E-state index in [9.17, 15) is 9.59 Å². The molecule has 1 fully saturated rings. The highest BCUT2D eigenvalue weighted by Gasteiger charge is 2.35. The van der Waals surface area contributed by atoms with Crippen LogP contribution in [0.25, 0.3) is 0 Å². The van der Waals surface area contributed by atoms with Crippen LogP contribution in [0.5, 0.6) is 0 Å². The molecule has 1 N–H and O–H groups in total. The van der Waals surface area contributed by atoms with E-state index in [0.717, 1.165) is 18.5 Å². The number of ether oxygens (including phenoxy) is 1. The minimum absolute atomic E-state index is 0.0462. The Labute approximate surface area is 124 Å². The van der Waals surface area contributed by atoms with E-state index in [2.05, 4.69) is 5.32 Å². The first-order chi connectivity index (χ1) is 10.1. The number of fused-ring (bicyclic) bond motifs is 1. The van der Waals surface area contributed by atoms with Crippen molar-refractivity contribution in [1.29, 1.82) is 0 Å². The molecule has 1 aromatic rings. The highest BCUT2D eigenvalue weighted by Crippen LogP contribution is 2.32. The lowest BCUT2D eigenvalue weighted by molar-refractivity contribution is -0.129. The quantitative estimate of drug-likeness (QED) is 0.861. The number of nitrogens with one attached hydrogen (secondary N) is 1. The first-order valence-electron chi connectivity index (χ1n) is 7.43. The average molecular weight is 288 g/mol. The van der Waals surface area contributed by atoms with Crippen LogP contribution in [0.1, 0.15) is 26.7 Å². The van der Waals surface area contributed by atoms with E-state index in [-0.39, 0.29) is 23.8 Å². The molecule has 0 aromatic heterocycles. The van der Waals surface area contributed by atoms with Gasteiger partial charge in [-0.25, -0.2) is 0 Å². The van der Waals surface area contributed by atoms with Crippen LogP contribution in [0.2, 0.25) is 0 Å². The highest BCUT2D eigenvalue weighted by molar-refractivity contribution is 6.05. The maximum atomic E-state index is 12.8. The second-order valence-electron chi connectivity index (χ2n) is 5.87. The molecule has 21 heavy (non-hydrogen) atoms. The first-order valence-corrected chi connectivity index (χ1v) is 7.43. The summed E-state index contributed by atoms with van der Waals surface area (Å²) >= 11 is 0. The zero-order valence-corrected chi connectivity index (χ0v) is 12.3. The summed E-state index contributed by atoms with van der Waals surface area (Å²) in [6, 6.07) is 7.42. The van der Waals surface area contributed by atoms with Gasteiger partial charge in [0.15, 0.2) is 0 Å². The van der Waals surface area contributed by atoms with Crippen molar-refractivity contribution in [1.82, 2.24) is 0 Å². The van der Waals surface area contributed by atoms with Crippen molar-refractivity contribution >= 4 is 23.2 Å². The molecule has 2 aliphatic heterocycles.